The topological polar surface area (TPSA) is 87.0 Å². The fourth-order valence-electron chi connectivity index (χ4n) is 1.38. The zero-order valence-electron chi connectivity index (χ0n) is 8.05. The summed E-state index contributed by atoms with van der Waals surface area (Å²) in [6, 6.07) is 0. The average Bonchev–Trinajstić information content (AvgIpc) is 2.96. The molecule has 0 heterocycles. The summed E-state index contributed by atoms with van der Waals surface area (Å²) in [5.74, 6) is -0.0114. The summed E-state index contributed by atoms with van der Waals surface area (Å²) in [6.45, 7) is 1.01. The summed E-state index contributed by atoms with van der Waals surface area (Å²) in [5, 5.41) is 19.7. The Morgan fingerprint density at radius 3 is 2.43 bits per heavy atom. The molecule has 0 bridgehead atoms. The van der Waals surface area contributed by atoms with Crippen LogP contribution < -0.4 is 0 Å². The number of nitrogens with zero attached hydrogens (tertiary/aromatic N) is 1. The molecule has 1 rings (SSSR count). The zero-order chi connectivity index (χ0) is 10.8. The molecule has 14 heavy (non-hydrogen) atoms. The quantitative estimate of drug-likeness (QED) is 0.389. The van der Waals surface area contributed by atoms with Crippen LogP contribution >= 0.6 is 0 Å². The van der Waals surface area contributed by atoms with E-state index in [4.69, 9.17) is 10.3 Å². The Morgan fingerprint density at radius 2 is 2.14 bits per heavy atom. The molecule has 1 saturated carbocycles. The minimum atomic E-state index is -3.37. The van der Waals surface area contributed by atoms with Crippen molar-refractivity contribution < 1.29 is 18.7 Å². The molecule has 6 heteroatoms. The molecule has 1 aliphatic carbocycles. The highest BCUT2D eigenvalue weighted by Gasteiger charge is 2.38. The van der Waals surface area contributed by atoms with E-state index in [0.717, 1.165) is 12.8 Å². The Hall–Kier alpha value is -0.620. The fourth-order valence-corrected chi connectivity index (χ4v) is 2.62. The molecule has 0 radical (unpaired) electrons. The summed E-state index contributed by atoms with van der Waals surface area (Å²) < 4.78 is 23.0. The van der Waals surface area contributed by atoms with Crippen LogP contribution in [0.3, 0.4) is 0 Å². The highest BCUT2D eigenvalue weighted by atomic mass is 32.2. The van der Waals surface area contributed by atoms with E-state index in [1.807, 2.05) is 0 Å². The van der Waals surface area contributed by atoms with E-state index >= 15 is 0 Å². The first kappa shape index (κ1) is 11.5. The lowest BCUT2D eigenvalue weighted by Gasteiger charge is -2.14. The average molecular weight is 221 g/mol. The third-order valence-electron chi connectivity index (χ3n) is 2.44. The van der Waals surface area contributed by atoms with Gasteiger partial charge in [0, 0.05) is 11.7 Å². The Kier molecular flexibility index (Phi) is 3.49. The van der Waals surface area contributed by atoms with E-state index < -0.39 is 21.7 Å². The second-order valence-electron chi connectivity index (χ2n) is 3.42. The van der Waals surface area contributed by atoms with Crippen LogP contribution in [0.15, 0.2) is 5.16 Å². The van der Waals surface area contributed by atoms with Gasteiger partial charge in [0.05, 0.1) is 12.3 Å². The SMILES string of the molecule is CCS(=O)(=O)C(CO)/C(=N/O)C1CC1. The Balaban J connectivity index is 2.90. The molecule has 0 aromatic carbocycles. The zero-order valence-corrected chi connectivity index (χ0v) is 8.87. The Bertz CT molecular complexity index is 318. The van der Waals surface area contributed by atoms with E-state index in [0.29, 0.717) is 0 Å². The van der Waals surface area contributed by atoms with E-state index in [9.17, 15) is 8.42 Å². The Morgan fingerprint density at radius 1 is 1.57 bits per heavy atom. The van der Waals surface area contributed by atoms with Gasteiger partial charge in [-0.05, 0) is 12.8 Å². The van der Waals surface area contributed by atoms with Crippen molar-refractivity contribution in [1.82, 2.24) is 0 Å². The van der Waals surface area contributed by atoms with E-state index in [1.54, 1.807) is 0 Å². The number of rotatable bonds is 5. The third kappa shape index (κ3) is 2.24. The van der Waals surface area contributed by atoms with E-state index in [-0.39, 0.29) is 17.4 Å². The smallest absolute Gasteiger partial charge is 0.160 e. The van der Waals surface area contributed by atoms with E-state index in [1.165, 1.54) is 6.92 Å². The number of hydrogen-bond acceptors (Lipinski definition) is 5. The van der Waals surface area contributed by atoms with Gasteiger partial charge in [0.25, 0.3) is 0 Å². The number of aliphatic hydroxyl groups excluding tert-OH is 1. The van der Waals surface area contributed by atoms with Crippen LogP contribution in [0.5, 0.6) is 0 Å². The minimum absolute atomic E-state index is 0.0403. The first-order valence-corrected chi connectivity index (χ1v) is 6.32. The molecule has 1 fully saturated rings. The maximum absolute atomic E-state index is 11.5. The summed E-state index contributed by atoms with van der Waals surface area (Å²) in [7, 11) is -3.37. The van der Waals surface area contributed by atoms with Gasteiger partial charge in [-0.25, -0.2) is 8.42 Å². The number of sulfone groups is 1. The van der Waals surface area contributed by atoms with Crippen molar-refractivity contribution in [3.8, 4) is 0 Å². The maximum Gasteiger partial charge on any atom is 0.160 e. The number of oxime groups is 1. The lowest BCUT2D eigenvalue weighted by Crippen LogP contribution is -2.36. The van der Waals surface area contributed by atoms with Gasteiger partial charge < -0.3 is 10.3 Å². The summed E-state index contributed by atoms with van der Waals surface area (Å²) in [4.78, 5) is 0. The van der Waals surface area contributed by atoms with Crippen LogP contribution in [0.1, 0.15) is 19.8 Å². The minimum Gasteiger partial charge on any atom is -0.411 e. The molecule has 0 aromatic heterocycles. The maximum atomic E-state index is 11.5. The van der Waals surface area contributed by atoms with Gasteiger partial charge in [0.15, 0.2) is 9.84 Å². The molecule has 0 saturated heterocycles. The first-order chi connectivity index (χ1) is 6.56. The predicted molar refractivity (Wildman–Crippen MR) is 52.3 cm³/mol. The van der Waals surface area contributed by atoms with Gasteiger partial charge >= 0.3 is 0 Å². The second-order valence-corrected chi connectivity index (χ2v) is 5.89. The van der Waals surface area contributed by atoms with Gasteiger partial charge in [-0.15, -0.1) is 0 Å². The summed E-state index contributed by atoms with van der Waals surface area (Å²) in [5.41, 5.74) is 0.217. The van der Waals surface area contributed by atoms with Crippen LogP contribution in [0.25, 0.3) is 0 Å². The summed E-state index contributed by atoms with van der Waals surface area (Å²) in [6.07, 6.45) is 1.68. The number of aliphatic hydroxyl groups is 1. The van der Waals surface area contributed by atoms with Crippen LogP contribution in [0.4, 0.5) is 0 Å². The van der Waals surface area contributed by atoms with Crippen molar-refractivity contribution >= 4 is 15.5 Å². The molecular weight excluding hydrogens is 206 g/mol. The fraction of sp³-hybridized carbons (Fsp3) is 0.875. The van der Waals surface area contributed by atoms with Gasteiger partial charge in [0.1, 0.15) is 5.25 Å². The van der Waals surface area contributed by atoms with Crippen LogP contribution in [0.2, 0.25) is 0 Å². The van der Waals surface area contributed by atoms with Crippen molar-refractivity contribution in [3.63, 3.8) is 0 Å². The van der Waals surface area contributed by atoms with Gasteiger partial charge in [-0.1, -0.05) is 12.1 Å². The highest BCUT2D eigenvalue weighted by Crippen LogP contribution is 2.33. The van der Waals surface area contributed by atoms with Crippen molar-refractivity contribution in [3.05, 3.63) is 0 Å². The number of hydrogen-bond donors (Lipinski definition) is 2. The molecule has 1 atom stereocenters. The van der Waals surface area contributed by atoms with Gasteiger partial charge in [-0.2, -0.15) is 0 Å². The van der Waals surface area contributed by atoms with Crippen molar-refractivity contribution in [2.45, 2.75) is 25.0 Å². The Labute approximate surface area is 83.4 Å². The monoisotopic (exact) mass is 221 g/mol. The van der Waals surface area contributed by atoms with Gasteiger partial charge in [-0.3, -0.25) is 0 Å². The van der Waals surface area contributed by atoms with Crippen molar-refractivity contribution in [1.29, 1.82) is 0 Å². The molecule has 1 unspecified atom stereocenters. The molecule has 0 aromatic rings. The lowest BCUT2D eigenvalue weighted by molar-refractivity contribution is 0.293. The summed E-state index contributed by atoms with van der Waals surface area (Å²) >= 11 is 0. The molecule has 2 N–H and O–H groups in total. The molecule has 0 aliphatic heterocycles. The lowest BCUT2D eigenvalue weighted by atomic mass is 10.2. The van der Waals surface area contributed by atoms with E-state index in [2.05, 4.69) is 5.16 Å². The molecule has 5 nitrogen and oxygen atoms in total. The molecule has 0 spiro atoms. The second kappa shape index (κ2) is 4.27. The van der Waals surface area contributed by atoms with Crippen molar-refractivity contribution in [2.24, 2.45) is 11.1 Å². The largest absolute Gasteiger partial charge is 0.411 e. The van der Waals surface area contributed by atoms with Crippen LogP contribution in [-0.2, 0) is 9.84 Å². The predicted octanol–water partition coefficient (Wildman–Crippen LogP) is 0.0222. The third-order valence-corrected chi connectivity index (χ3v) is 4.50. The molecule has 1 aliphatic rings. The highest BCUT2D eigenvalue weighted by molar-refractivity contribution is 7.92. The molecule has 0 amide bonds. The van der Waals surface area contributed by atoms with Crippen LogP contribution in [-0.4, -0.2) is 42.1 Å². The first-order valence-electron chi connectivity index (χ1n) is 4.61. The van der Waals surface area contributed by atoms with Gasteiger partial charge in [0.2, 0.25) is 0 Å². The standard InChI is InChI=1S/C8H15NO4S/c1-2-14(12,13)7(5-10)8(9-11)6-3-4-6/h6-7,10-11H,2-5H2,1H3/b9-8+. The van der Waals surface area contributed by atoms with Crippen molar-refractivity contribution in [2.75, 3.05) is 12.4 Å². The van der Waals surface area contributed by atoms with Crippen LogP contribution in [0, 0.1) is 5.92 Å². The normalized spacial score (nSPS) is 20.9. The molecular formula is C8H15NO4S. The molecule has 82 valence electrons.